The Labute approximate surface area is 122 Å². The Kier molecular flexibility index (Phi) is 3.44. The molecule has 2 N–H and O–H groups in total. The van der Waals surface area contributed by atoms with E-state index < -0.39 is 0 Å². The summed E-state index contributed by atoms with van der Waals surface area (Å²) in [6.07, 6.45) is 0. The largest absolute Gasteiger partial charge is 0.279 e. The second-order valence-corrected chi connectivity index (χ2v) is 5.75. The van der Waals surface area contributed by atoms with Gasteiger partial charge in [-0.1, -0.05) is 6.07 Å². The van der Waals surface area contributed by atoms with Crippen LogP contribution in [0.4, 0.5) is 0 Å². The van der Waals surface area contributed by atoms with Crippen LogP contribution in [0.25, 0.3) is 10.2 Å². The predicted molar refractivity (Wildman–Crippen MR) is 78.9 cm³/mol. The molecule has 3 aromatic rings. The lowest BCUT2D eigenvalue weighted by Crippen LogP contribution is -2.41. The van der Waals surface area contributed by atoms with Gasteiger partial charge in [-0.2, -0.15) is 0 Å². The monoisotopic (exact) mass is 303 g/mol. The molecule has 0 aliphatic rings. The smallest absolute Gasteiger partial charge is 0.267 e. The van der Waals surface area contributed by atoms with Crippen molar-refractivity contribution in [1.29, 1.82) is 0 Å². The summed E-state index contributed by atoms with van der Waals surface area (Å²) in [5, 5.41) is 1.80. The highest BCUT2D eigenvalue weighted by Gasteiger charge is 2.10. The van der Waals surface area contributed by atoms with Crippen LogP contribution >= 0.6 is 22.7 Å². The Bertz CT molecular complexity index is 765. The molecule has 0 aliphatic heterocycles. The van der Waals surface area contributed by atoms with E-state index in [2.05, 4.69) is 15.8 Å². The summed E-state index contributed by atoms with van der Waals surface area (Å²) in [5.41, 5.74) is 7.84. The maximum Gasteiger partial charge on any atom is 0.279 e. The summed E-state index contributed by atoms with van der Waals surface area (Å²) in [4.78, 5) is 28.3. The number of carbonyl (C=O) groups is 2. The van der Waals surface area contributed by atoms with Gasteiger partial charge >= 0.3 is 0 Å². The predicted octanol–water partition coefficient (Wildman–Crippen LogP) is 2.43. The Morgan fingerprint density at radius 3 is 2.70 bits per heavy atom. The number of nitrogens with zero attached hydrogens (tertiary/aromatic N) is 1. The summed E-state index contributed by atoms with van der Waals surface area (Å²) in [7, 11) is 0. The number of fused-ring (bicyclic) bond motifs is 1. The van der Waals surface area contributed by atoms with Crippen LogP contribution in [0.5, 0.6) is 0 Å². The van der Waals surface area contributed by atoms with E-state index in [0.717, 1.165) is 10.2 Å². The average Bonchev–Trinajstić information content (AvgIpc) is 3.13. The molecule has 0 fully saturated rings. The van der Waals surface area contributed by atoms with Crippen molar-refractivity contribution < 1.29 is 9.59 Å². The van der Waals surface area contributed by atoms with E-state index >= 15 is 0 Å². The van der Waals surface area contributed by atoms with Crippen LogP contribution in [-0.2, 0) is 0 Å². The molecule has 0 bridgehead atoms. The van der Waals surface area contributed by atoms with Gasteiger partial charge in [-0.15, -0.1) is 22.7 Å². The number of hydrogen-bond donors (Lipinski definition) is 2. The van der Waals surface area contributed by atoms with Crippen LogP contribution in [0.1, 0.15) is 20.0 Å². The first-order valence-corrected chi connectivity index (χ1v) is 7.47. The van der Waals surface area contributed by atoms with E-state index in [9.17, 15) is 9.59 Å². The zero-order valence-electron chi connectivity index (χ0n) is 10.1. The molecule has 2 heterocycles. The van der Waals surface area contributed by atoms with Crippen molar-refractivity contribution in [3.8, 4) is 0 Å². The lowest BCUT2D eigenvalue weighted by Gasteiger charge is -2.06. The molecule has 0 spiro atoms. The molecule has 2 amide bonds. The van der Waals surface area contributed by atoms with E-state index in [-0.39, 0.29) is 11.8 Å². The number of thiazole rings is 1. The lowest BCUT2D eigenvalue weighted by atomic mass is 10.2. The summed E-state index contributed by atoms with van der Waals surface area (Å²) in [5.74, 6) is -0.683. The van der Waals surface area contributed by atoms with Gasteiger partial charge in [0, 0.05) is 5.56 Å². The molecule has 0 radical (unpaired) electrons. The summed E-state index contributed by atoms with van der Waals surface area (Å²) >= 11 is 2.78. The minimum atomic E-state index is -0.356. The van der Waals surface area contributed by atoms with Crippen molar-refractivity contribution >= 4 is 44.7 Å². The van der Waals surface area contributed by atoms with Crippen LogP contribution in [-0.4, -0.2) is 16.8 Å². The molecule has 3 rings (SSSR count). The maximum atomic E-state index is 11.9. The second-order valence-electron chi connectivity index (χ2n) is 3.92. The molecular formula is C13H9N3O2S2. The number of nitrogens with one attached hydrogen (secondary N) is 2. The molecule has 0 saturated carbocycles. The molecule has 5 nitrogen and oxygen atoms in total. The number of amides is 2. The zero-order chi connectivity index (χ0) is 13.9. The molecule has 20 heavy (non-hydrogen) atoms. The Balaban J connectivity index is 1.68. The molecule has 7 heteroatoms. The summed E-state index contributed by atoms with van der Waals surface area (Å²) in [6.45, 7) is 0. The molecule has 1 aromatic carbocycles. The molecular weight excluding hydrogens is 294 g/mol. The highest BCUT2D eigenvalue weighted by molar-refractivity contribution is 7.16. The summed E-state index contributed by atoms with van der Waals surface area (Å²) < 4.78 is 0.933. The number of benzene rings is 1. The van der Waals surface area contributed by atoms with E-state index in [0.29, 0.717) is 10.4 Å². The number of hydrazine groups is 1. The van der Waals surface area contributed by atoms with Crippen LogP contribution in [0.2, 0.25) is 0 Å². The van der Waals surface area contributed by atoms with Gasteiger partial charge in [-0.25, -0.2) is 4.98 Å². The fourth-order valence-electron chi connectivity index (χ4n) is 1.65. The number of carbonyl (C=O) groups excluding carboxylic acids is 2. The Morgan fingerprint density at radius 1 is 1.05 bits per heavy atom. The first-order chi connectivity index (χ1) is 9.74. The van der Waals surface area contributed by atoms with Gasteiger partial charge in [0.1, 0.15) is 0 Å². The van der Waals surface area contributed by atoms with Gasteiger partial charge in [0.15, 0.2) is 0 Å². The van der Waals surface area contributed by atoms with E-state index in [1.807, 2.05) is 0 Å². The fourth-order valence-corrected chi connectivity index (χ4v) is 2.99. The van der Waals surface area contributed by atoms with Crippen molar-refractivity contribution in [2.75, 3.05) is 0 Å². The third-order valence-corrected chi connectivity index (χ3v) is 4.29. The Hall–Kier alpha value is -2.25. The van der Waals surface area contributed by atoms with Gasteiger partial charge < -0.3 is 0 Å². The van der Waals surface area contributed by atoms with Gasteiger partial charge in [-0.3, -0.25) is 20.4 Å². The molecule has 100 valence electrons. The lowest BCUT2D eigenvalue weighted by molar-refractivity contribution is 0.0849. The number of thiophene rings is 1. The number of rotatable bonds is 2. The molecule has 2 aromatic heterocycles. The van der Waals surface area contributed by atoms with E-state index in [4.69, 9.17) is 0 Å². The van der Waals surface area contributed by atoms with Gasteiger partial charge in [0.05, 0.1) is 20.6 Å². The standard InChI is InChI=1S/C13H9N3O2S2/c17-12(15-16-13(18)10-2-1-5-19-10)8-3-4-9-11(6-8)20-7-14-9/h1-7H,(H,15,17)(H,16,18). The normalized spacial score (nSPS) is 10.4. The van der Waals surface area contributed by atoms with Crippen LogP contribution in [0.3, 0.4) is 0 Å². The minimum absolute atomic E-state index is 0.327. The van der Waals surface area contributed by atoms with E-state index in [1.165, 1.54) is 22.7 Å². The van der Waals surface area contributed by atoms with Crippen molar-refractivity contribution in [2.45, 2.75) is 0 Å². The molecule has 0 saturated heterocycles. The SMILES string of the molecule is O=C(NNC(=O)c1cccs1)c1ccc2ncsc2c1. The van der Waals surface area contributed by atoms with Gasteiger partial charge in [-0.05, 0) is 29.6 Å². The van der Waals surface area contributed by atoms with Crippen molar-refractivity contribution in [2.24, 2.45) is 0 Å². The maximum absolute atomic E-state index is 11.9. The highest BCUT2D eigenvalue weighted by atomic mass is 32.1. The van der Waals surface area contributed by atoms with Crippen molar-refractivity contribution in [3.05, 3.63) is 51.7 Å². The Morgan fingerprint density at radius 2 is 1.90 bits per heavy atom. The molecule has 0 unspecified atom stereocenters. The first kappa shape index (κ1) is 12.8. The van der Waals surface area contributed by atoms with Crippen molar-refractivity contribution in [1.82, 2.24) is 15.8 Å². The van der Waals surface area contributed by atoms with Crippen LogP contribution in [0.15, 0.2) is 41.2 Å². The molecule has 0 atom stereocenters. The van der Waals surface area contributed by atoms with E-state index in [1.54, 1.807) is 41.2 Å². The second kappa shape index (κ2) is 5.40. The van der Waals surface area contributed by atoms with Crippen LogP contribution in [0, 0.1) is 0 Å². The zero-order valence-corrected chi connectivity index (χ0v) is 11.8. The topological polar surface area (TPSA) is 71.1 Å². The highest BCUT2D eigenvalue weighted by Crippen LogP contribution is 2.18. The van der Waals surface area contributed by atoms with Gasteiger partial charge in [0.25, 0.3) is 11.8 Å². The summed E-state index contributed by atoms with van der Waals surface area (Å²) in [6, 6.07) is 8.67. The minimum Gasteiger partial charge on any atom is -0.267 e. The third kappa shape index (κ3) is 2.54. The quantitative estimate of drug-likeness (QED) is 0.714. The van der Waals surface area contributed by atoms with Gasteiger partial charge in [0.2, 0.25) is 0 Å². The van der Waals surface area contributed by atoms with Crippen LogP contribution < -0.4 is 10.9 Å². The third-order valence-electron chi connectivity index (χ3n) is 2.63. The number of hydrogen-bond acceptors (Lipinski definition) is 5. The average molecular weight is 303 g/mol. The first-order valence-electron chi connectivity index (χ1n) is 5.71. The fraction of sp³-hybridized carbons (Fsp3) is 0. The number of aromatic nitrogens is 1. The molecule has 0 aliphatic carbocycles. The van der Waals surface area contributed by atoms with Crippen molar-refractivity contribution in [3.63, 3.8) is 0 Å².